The van der Waals surface area contributed by atoms with Crippen LogP contribution in [0.5, 0.6) is 0 Å². The average Bonchev–Trinajstić information content (AvgIpc) is 2.49. The molecule has 6 nitrogen and oxygen atoms in total. The van der Waals surface area contributed by atoms with Crippen molar-refractivity contribution < 1.29 is 22.1 Å². The van der Waals surface area contributed by atoms with E-state index in [2.05, 4.69) is 8.58 Å². The highest BCUT2D eigenvalue weighted by Gasteiger charge is 2.26. The van der Waals surface area contributed by atoms with Gasteiger partial charge in [0.1, 0.15) is 6.61 Å². The summed E-state index contributed by atoms with van der Waals surface area (Å²) in [5, 5.41) is 0. The molecule has 0 saturated carbocycles. The van der Waals surface area contributed by atoms with Crippen molar-refractivity contribution in [3.63, 3.8) is 0 Å². The second kappa shape index (κ2) is 4.72. The van der Waals surface area contributed by atoms with Gasteiger partial charge >= 0.3 is 16.4 Å². The van der Waals surface area contributed by atoms with Gasteiger partial charge in [-0.1, -0.05) is 34.7 Å². The third-order valence-corrected chi connectivity index (χ3v) is 2.95. The van der Waals surface area contributed by atoms with Crippen LogP contribution in [-0.2, 0) is 24.0 Å². The second-order valence-electron chi connectivity index (χ2n) is 3.29. The Kier molecular flexibility index (Phi) is 3.30. The lowest BCUT2D eigenvalue weighted by molar-refractivity contribution is 0.0920. The molecule has 0 radical (unpaired) electrons. The molecule has 1 atom stereocenters. The van der Waals surface area contributed by atoms with E-state index < -0.39 is 16.4 Å². The molecule has 0 aliphatic carbocycles. The molecule has 1 aromatic carbocycles. The molecule has 0 N–H and O–H groups in total. The van der Waals surface area contributed by atoms with Gasteiger partial charge in [0.05, 0.1) is 7.11 Å². The van der Waals surface area contributed by atoms with Crippen molar-refractivity contribution in [3.8, 4) is 0 Å². The maximum atomic E-state index is 11.2. The van der Waals surface area contributed by atoms with E-state index in [0.717, 1.165) is 5.56 Å². The van der Waals surface area contributed by atoms with Crippen LogP contribution in [0.25, 0.3) is 0 Å². The molecule has 17 heavy (non-hydrogen) atoms. The van der Waals surface area contributed by atoms with Gasteiger partial charge in [0, 0.05) is 0 Å². The topological polar surface area (TPSA) is 74.2 Å². The Hall–Kier alpha value is -1.60. The van der Waals surface area contributed by atoms with E-state index in [1.54, 1.807) is 12.1 Å². The summed E-state index contributed by atoms with van der Waals surface area (Å²) < 4.78 is 40.4. The van der Waals surface area contributed by atoms with Crippen molar-refractivity contribution in [2.45, 2.75) is 6.10 Å². The Labute approximate surface area is 99.1 Å². The number of ether oxygens (including phenoxy) is 2. The minimum atomic E-state index is -3.98. The molecule has 1 heterocycles. The minimum absolute atomic E-state index is 0.136. The first-order valence-electron chi connectivity index (χ1n) is 4.85. The molecule has 2 rings (SSSR count). The summed E-state index contributed by atoms with van der Waals surface area (Å²) in [6.45, 7) is -0.136. The van der Waals surface area contributed by atoms with Gasteiger partial charge in [-0.3, -0.25) is 0 Å². The molecular weight excluding hydrogens is 246 g/mol. The first-order valence-corrected chi connectivity index (χ1v) is 6.22. The first kappa shape index (κ1) is 11.9. The summed E-state index contributed by atoms with van der Waals surface area (Å²) in [5.74, 6) is 0. The highest BCUT2D eigenvalue weighted by atomic mass is 32.2. The molecule has 92 valence electrons. The Balaban J connectivity index is 2.27. The molecule has 0 aromatic heterocycles. The van der Waals surface area contributed by atoms with Crippen LogP contribution in [0.15, 0.2) is 34.7 Å². The van der Waals surface area contributed by atoms with E-state index in [9.17, 15) is 8.42 Å². The summed E-state index contributed by atoms with van der Waals surface area (Å²) in [6, 6.07) is 9.10. The molecule has 0 bridgehead atoms. The van der Waals surface area contributed by atoms with Gasteiger partial charge < -0.3 is 9.47 Å². The summed E-state index contributed by atoms with van der Waals surface area (Å²) in [6.07, 6.45) is -0.886. The van der Waals surface area contributed by atoms with E-state index in [1.807, 2.05) is 18.2 Å². The number of methoxy groups -OCH3 is 1. The van der Waals surface area contributed by atoms with Crippen LogP contribution in [0.2, 0.25) is 0 Å². The molecule has 1 aliphatic heterocycles. The molecule has 1 aromatic rings. The van der Waals surface area contributed by atoms with Gasteiger partial charge in [-0.05, 0) is 5.56 Å². The number of hydrogen-bond donors (Lipinski definition) is 0. The molecule has 0 spiro atoms. The Bertz CT molecular complexity index is 511. The number of hydrogen-bond acceptors (Lipinski definition) is 5. The summed E-state index contributed by atoms with van der Waals surface area (Å²) in [4.78, 5) is 0. The average molecular weight is 257 g/mol. The van der Waals surface area contributed by atoms with E-state index >= 15 is 0 Å². The van der Waals surface area contributed by atoms with Crippen LogP contribution in [0, 0.1) is 0 Å². The molecule has 7 heteroatoms. The lowest BCUT2D eigenvalue weighted by Crippen LogP contribution is -2.14. The van der Waals surface area contributed by atoms with Crippen LogP contribution in [0.3, 0.4) is 0 Å². The molecule has 0 fully saturated rings. The zero-order valence-electron chi connectivity index (χ0n) is 9.07. The van der Waals surface area contributed by atoms with Gasteiger partial charge in [-0.2, -0.15) is 8.42 Å². The number of benzene rings is 1. The smallest absolute Gasteiger partial charge is 0.401 e. The highest BCUT2D eigenvalue weighted by molar-refractivity contribution is 7.85. The van der Waals surface area contributed by atoms with Gasteiger partial charge in [-0.25, -0.2) is 4.18 Å². The summed E-state index contributed by atoms with van der Waals surface area (Å²) in [5.41, 5.74) is 0.786. The van der Waals surface area contributed by atoms with Gasteiger partial charge in [0.15, 0.2) is 6.10 Å². The molecular formula is C10H11NO5S. The summed E-state index contributed by atoms with van der Waals surface area (Å²) in [7, 11) is -2.70. The van der Waals surface area contributed by atoms with Crippen LogP contribution in [0.4, 0.5) is 0 Å². The maximum absolute atomic E-state index is 11.2. The Morgan fingerprint density at radius 1 is 1.35 bits per heavy atom. The van der Waals surface area contributed by atoms with Gasteiger partial charge in [0.2, 0.25) is 0 Å². The van der Waals surface area contributed by atoms with Crippen molar-refractivity contribution in [1.82, 2.24) is 0 Å². The zero-order valence-corrected chi connectivity index (χ0v) is 9.88. The second-order valence-corrected chi connectivity index (χ2v) is 4.56. The fourth-order valence-electron chi connectivity index (χ4n) is 1.36. The maximum Gasteiger partial charge on any atom is 0.401 e. The zero-order chi connectivity index (χ0) is 12.3. The minimum Gasteiger partial charge on any atom is -0.453 e. The Morgan fingerprint density at radius 3 is 2.71 bits per heavy atom. The SMILES string of the molecule is COC1=NS(=O)(=O)OCC(c2ccccc2)O1. The van der Waals surface area contributed by atoms with Crippen LogP contribution < -0.4 is 0 Å². The van der Waals surface area contributed by atoms with E-state index in [4.69, 9.17) is 9.47 Å². The molecule has 0 amide bonds. The van der Waals surface area contributed by atoms with Crippen molar-refractivity contribution >= 4 is 16.4 Å². The fourth-order valence-corrected chi connectivity index (χ4v) is 2.01. The van der Waals surface area contributed by atoms with Crippen LogP contribution >= 0.6 is 0 Å². The highest BCUT2D eigenvalue weighted by Crippen LogP contribution is 2.22. The third kappa shape index (κ3) is 2.95. The summed E-state index contributed by atoms with van der Waals surface area (Å²) >= 11 is 0. The lowest BCUT2D eigenvalue weighted by Gasteiger charge is -2.15. The monoisotopic (exact) mass is 257 g/mol. The number of rotatable bonds is 1. The van der Waals surface area contributed by atoms with Gasteiger partial charge in [0.25, 0.3) is 0 Å². The van der Waals surface area contributed by atoms with Crippen LogP contribution in [0.1, 0.15) is 11.7 Å². The van der Waals surface area contributed by atoms with E-state index in [0.29, 0.717) is 0 Å². The van der Waals surface area contributed by atoms with Crippen molar-refractivity contribution in [2.75, 3.05) is 13.7 Å². The van der Waals surface area contributed by atoms with E-state index in [1.165, 1.54) is 7.11 Å². The van der Waals surface area contributed by atoms with Gasteiger partial charge in [-0.15, -0.1) is 0 Å². The molecule has 0 saturated heterocycles. The van der Waals surface area contributed by atoms with Crippen molar-refractivity contribution in [2.24, 2.45) is 4.40 Å². The third-order valence-electron chi connectivity index (χ3n) is 2.14. The molecule has 1 aliphatic rings. The Morgan fingerprint density at radius 2 is 2.06 bits per heavy atom. The lowest BCUT2D eigenvalue weighted by atomic mass is 10.1. The normalized spacial score (nSPS) is 23.1. The van der Waals surface area contributed by atoms with Crippen LogP contribution in [-0.4, -0.2) is 28.2 Å². The van der Waals surface area contributed by atoms with E-state index in [-0.39, 0.29) is 12.7 Å². The quantitative estimate of drug-likeness (QED) is 0.751. The predicted molar refractivity (Wildman–Crippen MR) is 59.6 cm³/mol. The fraction of sp³-hybridized carbons (Fsp3) is 0.300. The standard InChI is InChI=1S/C10H11NO5S/c1-14-10-11-17(12,13)15-7-9(16-10)8-5-3-2-4-6-8/h2-6,9H,7H2,1H3. The molecule has 1 unspecified atom stereocenters. The first-order chi connectivity index (χ1) is 8.11. The van der Waals surface area contributed by atoms with Crippen molar-refractivity contribution in [3.05, 3.63) is 35.9 Å². The predicted octanol–water partition coefficient (Wildman–Crippen LogP) is 1.02. The largest absolute Gasteiger partial charge is 0.453 e. The van der Waals surface area contributed by atoms with Crippen molar-refractivity contribution in [1.29, 1.82) is 0 Å². The number of nitrogens with zero attached hydrogens (tertiary/aromatic N) is 1.